The van der Waals surface area contributed by atoms with Gasteiger partial charge in [0.25, 0.3) is 0 Å². The van der Waals surface area contributed by atoms with Gasteiger partial charge in [0.15, 0.2) is 22.2 Å². The number of imidazole rings is 1. The maximum Gasteiger partial charge on any atom is 0.196 e. The van der Waals surface area contributed by atoms with Crippen LogP contribution in [0, 0.1) is 28.0 Å². The standard InChI is InChI=1S/C13H5ClF4N2S/c14-5-3-8-10(4-7(5)16)20(13(21)19-8)9-2-1-6(15)11(17)12(9)18/h1-4H,(H,19,21). The van der Waals surface area contributed by atoms with Crippen LogP contribution in [0.15, 0.2) is 24.3 Å². The Morgan fingerprint density at radius 2 is 1.71 bits per heavy atom. The predicted octanol–water partition coefficient (Wildman–Crippen LogP) is 4.90. The second-order valence-corrected chi connectivity index (χ2v) is 5.04. The molecule has 0 atom stereocenters. The summed E-state index contributed by atoms with van der Waals surface area (Å²) >= 11 is 10.7. The zero-order chi connectivity index (χ0) is 15.3. The van der Waals surface area contributed by atoms with Crippen LogP contribution in [0.4, 0.5) is 17.6 Å². The van der Waals surface area contributed by atoms with Crippen molar-refractivity contribution in [2.24, 2.45) is 0 Å². The Morgan fingerprint density at radius 3 is 2.43 bits per heavy atom. The third-order valence-electron chi connectivity index (χ3n) is 2.98. The molecule has 108 valence electrons. The minimum absolute atomic E-state index is 0.00317. The summed E-state index contributed by atoms with van der Waals surface area (Å²) < 4.78 is 54.9. The van der Waals surface area contributed by atoms with Crippen molar-refractivity contribution in [1.29, 1.82) is 0 Å². The third-order valence-corrected chi connectivity index (χ3v) is 3.55. The van der Waals surface area contributed by atoms with Crippen LogP contribution in [-0.2, 0) is 0 Å². The zero-order valence-corrected chi connectivity index (χ0v) is 11.6. The molecule has 1 aromatic heterocycles. The largest absolute Gasteiger partial charge is 0.330 e. The first kappa shape index (κ1) is 14.1. The van der Waals surface area contributed by atoms with E-state index in [0.29, 0.717) is 5.52 Å². The average Bonchev–Trinajstić information content (AvgIpc) is 2.73. The summed E-state index contributed by atoms with van der Waals surface area (Å²) in [6, 6.07) is 4.09. The van der Waals surface area contributed by atoms with Gasteiger partial charge in [0.2, 0.25) is 0 Å². The van der Waals surface area contributed by atoms with Gasteiger partial charge in [0, 0.05) is 6.07 Å². The monoisotopic (exact) mass is 332 g/mol. The molecule has 3 rings (SSSR count). The van der Waals surface area contributed by atoms with Crippen molar-refractivity contribution in [1.82, 2.24) is 9.55 Å². The maximum atomic E-state index is 13.9. The highest BCUT2D eigenvalue weighted by molar-refractivity contribution is 7.71. The molecule has 1 N–H and O–H groups in total. The van der Waals surface area contributed by atoms with Gasteiger partial charge in [-0.3, -0.25) is 4.57 Å². The fourth-order valence-corrected chi connectivity index (χ4v) is 2.50. The Kier molecular flexibility index (Phi) is 3.26. The molecule has 0 bridgehead atoms. The Bertz CT molecular complexity index is 932. The van der Waals surface area contributed by atoms with Gasteiger partial charge >= 0.3 is 0 Å². The first-order chi connectivity index (χ1) is 9.90. The fraction of sp³-hybridized carbons (Fsp3) is 0. The van der Waals surface area contributed by atoms with Gasteiger partial charge in [0.05, 0.1) is 21.7 Å². The summed E-state index contributed by atoms with van der Waals surface area (Å²) in [4.78, 5) is 2.70. The highest BCUT2D eigenvalue weighted by atomic mass is 35.5. The number of halogens is 5. The van der Waals surface area contributed by atoms with Gasteiger partial charge in [-0.2, -0.15) is 0 Å². The minimum Gasteiger partial charge on any atom is -0.330 e. The van der Waals surface area contributed by atoms with Crippen LogP contribution in [0.25, 0.3) is 16.7 Å². The number of rotatable bonds is 1. The molecule has 0 aliphatic rings. The van der Waals surface area contributed by atoms with Crippen molar-refractivity contribution in [3.8, 4) is 5.69 Å². The average molecular weight is 333 g/mol. The van der Waals surface area contributed by atoms with Gasteiger partial charge < -0.3 is 4.98 Å². The van der Waals surface area contributed by atoms with E-state index in [1.807, 2.05) is 0 Å². The lowest BCUT2D eigenvalue weighted by Gasteiger charge is -2.07. The van der Waals surface area contributed by atoms with Crippen molar-refractivity contribution in [2.75, 3.05) is 0 Å². The molecule has 0 spiro atoms. The lowest BCUT2D eigenvalue weighted by Crippen LogP contribution is -2.02. The summed E-state index contributed by atoms with van der Waals surface area (Å²) in [5.41, 5.74) is 0.175. The van der Waals surface area contributed by atoms with Crippen LogP contribution in [0.3, 0.4) is 0 Å². The highest BCUT2D eigenvalue weighted by Crippen LogP contribution is 2.27. The van der Waals surface area contributed by atoms with E-state index in [2.05, 4.69) is 4.98 Å². The van der Waals surface area contributed by atoms with E-state index in [9.17, 15) is 17.6 Å². The Balaban J connectivity index is 2.41. The molecular formula is C13H5ClF4N2S. The smallest absolute Gasteiger partial charge is 0.196 e. The van der Waals surface area contributed by atoms with Gasteiger partial charge in [-0.15, -0.1) is 0 Å². The van der Waals surface area contributed by atoms with Crippen LogP contribution >= 0.6 is 23.8 Å². The Hall–Kier alpha value is -1.86. The molecule has 0 aliphatic heterocycles. The number of aromatic nitrogens is 2. The fourth-order valence-electron chi connectivity index (χ4n) is 2.03. The normalized spacial score (nSPS) is 11.3. The summed E-state index contributed by atoms with van der Waals surface area (Å²) in [6.07, 6.45) is 0. The molecule has 0 amide bonds. The van der Waals surface area contributed by atoms with Crippen molar-refractivity contribution < 1.29 is 17.6 Å². The molecule has 0 fully saturated rings. The minimum atomic E-state index is -1.63. The lowest BCUT2D eigenvalue weighted by atomic mass is 10.2. The molecule has 0 saturated carbocycles. The molecule has 0 saturated heterocycles. The molecule has 0 unspecified atom stereocenters. The maximum absolute atomic E-state index is 13.9. The second kappa shape index (κ2) is 4.85. The van der Waals surface area contributed by atoms with E-state index in [0.717, 1.165) is 22.8 Å². The lowest BCUT2D eigenvalue weighted by molar-refractivity contribution is 0.445. The van der Waals surface area contributed by atoms with E-state index in [-0.39, 0.29) is 21.0 Å². The molecule has 1 heterocycles. The molecule has 2 nitrogen and oxygen atoms in total. The number of fused-ring (bicyclic) bond motifs is 1. The van der Waals surface area contributed by atoms with Crippen molar-refractivity contribution in [3.05, 3.63) is 57.3 Å². The van der Waals surface area contributed by atoms with E-state index in [1.54, 1.807) is 0 Å². The molecule has 3 aromatic rings. The number of hydrogen-bond acceptors (Lipinski definition) is 1. The zero-order valence-electron chi connectivity index (χ0n) is 10.1. The van der Waals surface area contributed by atoms with Gasteiger partial charge in [-0.25, -0.2) is 17.6 Å². The van der Waals surface area contributed by atoms with Gasteiger partial charge in [-0.1, -0.05) is 11.6 Å². The van der Waals surface area contributed by atoms with Crippen molar-refractivity contribution in [2.45, 2.75) is 0 Å². The number of hydrogen-bond donors (Lipinski definition) is 1. The second-order valence-electron chi connectivity index (χ2n) is 4.24. The Morgan fingerprint density at radius 1 is 1.00 bits per heavy atom. The molecule has 0 radical (unpaired) electrons. The first-order valence-electron chi connectivity index (χ1n) is 5.64. The quantitative estimate of drug-likeness (QED) is 0.382. The SMILES string of the molecule is Fc1cc2c(cc1Cl)[nH]c(=S)n2-c1ccc(F)c(F)c1F. The van der Waals surface area contributed by atoms with Gasteiger partial charge in [0.1, 0.15) is 5.82 Å². The summed E-state index contributed by atoms with van der Waals surface area (Å²) in [7, 11) is 0. The molecule has 8 heteroatoms. The van der Waals surface area contributed by atoms with Crippen LogP contribution in [0.2, 0.25) is 5.02 Å². The summed E-state index contributed by atoms with van der Waals surface area (Å²) in [5, 5.41) is -0.142. The number of aromatic amines is 1. The van der Waals surface area contributed by atoms with Gasteiger partial charge in [-0.05, 0) is 30.4 Å². The molecule has 21 heavy (non-hydrogen) atoms. The van der Waals surface area contributed by atoms with Crippen LogP contribution < -0.4 is 0 Å². The predicted molar refractivity (Wildman–Crippen MR) is 73.3 cm³/mol. The van der Waals surface area contributed by atoms with E-state index in [4.69, 9.17) is 23.8 Å². The molecule has 2 aromatic carbocycles. The number of H-pyrrole nitrogens is 1. The van der Waals surface area contributed by atoms with E-state index in [1.165, 1.54) is 6.07 Å². The van der Waals surface area contributed by atoms with Crippen LogP contribution in [0.1, 0.15) is 0 Å². The number of benzene rings is 2. The van der Waals surface area contributed by atoms with Crippen LogP contribution in [-0.4, -0.2) is 9.55 Å². The van der Waals surface area contributed by atoms with E-state index >= 15 is 0 Å². The summed E-state index contributed by atoms with van der Waals surface area (Å²) in [5.74, 6) is -5.10. The topological polar surface area (TPSA) is 20.7 Å². The van der Waals surface area contributed by atoms with Crippen molar-refractivity contribution in [3.63, 3.8) is 0 Å². The number of nitrogens with zero attached hydrogens (tertiary/aromatic N) is 1. The number of nitrogens with one attached hydrogen (secondary N) is 1. The first-order valence-corrected chi connectivity index (χ1v) is 6.42. The van der Waals surface area contributed by atoms with E-state index < -0.39 is 23.3 Å². The third kappa shape index (κ3) is 2.13. The van der Waals surface area contributed by atoms with Crippen molar-refractivity contribution >= 4 is 34.9 Å². The highest BCUT2D eigenvalue weighted by Gasteiger charge is 2.18. The summed E-state index contributed by atoms with van der Waals surface area (Å²) in [6.45, 7) is 0. The molecular weight excluding hydrogens is 328 g/mol. The Labute approximate surface area is 125 Å². The molecule has 0 aliphatic carbocycles. The van der Waals surface area contributed by atoms with Crippen LogP contribution in [0.5, 0.6) is 0 Å².